The minimum absolute atomic E-state index is 0.203. The molecule has 3 aromatic rings. The topological polar surface area (TPSA) is 65.0 Å². The monoisotopic (exact) mass is 485 g/mol. The minimum Gasteiger partial charge on any atom is -0.489 e. The highest BCUT2D eigenvalue weighted by molar-refractivity contribution is 8.19. The second-order valence-electron chi connectivity index (χ2n) is 8.29. The van der Waals surface area contributed by atoms with Gasteiger partial charge < -0.3 is 9.47 Å². The molecule has 1 atom stereocenters. The standard InChI is InChI=1S/C29H27NO4S/c1-4-33-29(32)26-27(31)25(35-28(26)30-23-13-7-20(3)8-14-23)17-21-11-15-24(16-12-21)34-18-22-9-5-19(2)6-10-22/h5-17,26H,4,18H2,1-3H3/b25-17-,30-28?. The number of thioether (sulfide) groups is 1. The second kappa shape index (κ2) is 11.2. The van der Waals surface area contributed by atoms with E-state index in [0.717, 1.165) is 22.4 Å². The van der Waals surface area contributed by atoms with Crippen LogP contribution in [0.25, 0.3) is 6.08 Å². The number of esters is 1. The first-order valence-electron chi connectivity index (χ1n) is 11.5. The maximum Gasteiger partial charge on any atom is 0.323 e. The van der Waals surface area contributed by atoms with E-state index in [0.29, 0.717) is 22.2 Å². The van der Waals surface area contributed by atoms with E-state index in [9.17, 15) is 9.59 Å². The average Bonchev–Trinajstić information content (AvgIpc) is 3.15. The van der Waals surface area contributed by atoms with Crippen LogP contribution in [0.2, 0.25) is 0 Å². The van der Waals surface area contributed by atoms with Crippen molar-refractivity contribution in [3.8, 4) is 5.75 Å². The van der Waals surface area contributed by atoms with Gasteiger partial charge in [0.1, 0.15) is 17.4 Å². The summed E-state index contributed by atoms with van der Waals surface area (Å²) in [6.45, 7) is 6.45. The Bertz CT molecular complexity index is 1260. The molecular formula is C29H27NO4S. The summed E-state index contributed by atoms with van der Waals surface area (Å²) in [7, 11) is 0. The summed E-state index contributed by atoms with van der Waals surface area (Å²) < 4.78 is 11.0. The Hall–Kier alpha value is -3.64. The molecule has 178 valence electrons. The second-order valence-corrected chi connectivity index (χ2v) is 9.35. The molecule has 0 saturated carbocycles. The molecule has 1 saturated heterocycles. The molecule has 1 aliphatic rings. The summed E-state index contributed by atoms with van der Waals surface area (Å²) >= 11 is 1.22. The van der Waals surface area contributed by atoms with E-state index in [1.165, 1.54) is 17.3 Å². The zero-order valence-corrected chi connectivity index (χ0v) is 20.8. The van der Waals surface area contributed by atoms with Crippen LogP contribution in [-0.2, 0) is 20.9 Å². The number of hydrogen-bond donors (Lipinski definition) is 0. The predicted molar refractivity (Wildman–Crippen MR) is 141 cm³/mol. The smallest absolute Gasteiger partial charge is 0.323 e. The van der Waals surface area contributed by atoms with E-state index in [-0.39, 0.29) is 12.4 Å². The van der Waals surface area contributed by atoms with Gasteiger partial charge in [-0.05, 0) is 62.2 Å². The zero-order valence-electron chi connectivity index (χ0n) is 20.0. The van der Waals surface area contributed by atoms with Crippen molar-refractivity contribution in [3.63, 3.8) is 0 Å². The summed E-state index contributed by atoms with van der Waals surface area (Å²) in [4.78, 5) is 30.8. The van der Waals surface area contributed by atoms with Gasteiger partial charge in [0.25, 0.3) is 0 Å². The van der Waals surface area contributed by atoms with Gasteiger partial charge in [-0.15, -0.1) is 0 Å². The van der Waals surface area contributed by atoms with Gasteiger partial charge in [0.2, 0.25) is 0 Å². The quantitative estimate of drug-likeness (QED) is 0.219. The first-order valence-corrected chi connectivity index (χ1v) is 12.3. The van der Waals surface area contributed by atoms with E-state index >= 15 is 0 Å². The number of rotatable bonds is 7. The molecule has 0 aromatic heterocycles. The van der Waals surface area contributed by atoms with Crippen molar-refractivity contribution < 1.29 is 19.1 Å². The van der Waals surface area contributed by atoms with Gasteiger partial charge in [0.05, 0.1) is 17.2 Å². The molecule has 1 fully saturated rings. The lowest BCUT2D eigenvalue weighted by molar-refractivity contribution is -0.147. The number of ether oxygens (including phenoxy) is 2. The molecule has 35 heavy (non-hydrogen) atoms. The van der Waals surface area contributed by atoms with Crippen molar-refractivity contribution in [2.75, 3.05) is 6.61 Å². The molecular weight excluding hydrogens is 458 g/mol. The van der Waals surface area contributed by atoms with Crippen molar-refractivity contribution in [2.45, 2.75) is 27.4 Å². The highest BCUT2D eigenvalue weighted by Crippen LogP contribution is 2.38. The minimum atomic E-state index is -1.04. The van der Waals surface area contributed by atoms with E-state index in [1.54, 1.807) is 13.0 Å². The fourth-order valence-corrected chi connectivity index (χ4v) is 4.62. The zero-order chi connectivity index (χ0) is 24.8. The normalized spacial score (nSPS) is 17.7. The summed E-state index contributed by atoms with van der Waals surface area (Å²) in [6.07, 6.45) is 1.78. The van der Waals surface area contributed by atoms with Crippen molar-refractivity contribution in [2.24, 2.45) is 10.9 Å². The van der Waals surface area contributed by atoms with Crippen LogP contribution in [0, 0.1) is 19.8 Å². The molecule has 0 spiro atoms. The Morgan fingerprint density at radius 2 is 1.57 bits per heavy atom. The summed E-state index contributed by atoms with van der Waals surface area (Å²) in [5.74, 6) is -1.16. The number of carbonyl (C=O) groups is 2. The summed E-state index contributed by atoms with van der Waals surface area (Å²) in [6, 6.07) is 23.4. The molecule has 4 rings (SSSR count). The van der Waals surface area contributed by atoms with Crippen LogP contribution >= 0.6 is 11.8 Å². The van der Waals surface area contributed by atoms with Gasteiger partial charge in [0.15, 0.2) is 11.7 Å². The molecule has 0 bridgehead atoms. The highest BCUT2D eigenvalue weighted by atomic mass is 32.2. The Balaban J connectivity index is 1.51. The number of aryl methyl sites for hydroxylation is 2. The van der Waals surface area contributed by atoms with E-state index in [4.69, 9.17) is 9.47 Å². The Morgan fingerprint density at radius 3 is 2.20 bits per heavy atom. The van der Waals surface area contributed by atoms with Gasteiger partial charge in [0, 0.05) is 0 Å². The largest absolute Gasteiger partial charge is 0.489 e. The van der Waals surface area contributed by atoms with Crippen LogP contribution in [0.1, 0.15) is 29.2 Å². The first-order chi connectivity index (χ1) is 16.9. The van der Waals surface area contributed by atoms with Crippen LogP contribution in [0.4, 0.5) is 5.69 Å². The fourth-order valence-electron chi connectivity index (χ4n) is 3.51. The number of Topliss-reactive ketones (excluding diaryl/α,β-unsaturated/α-hetero) is 1. The van der Waals surface area contributed by atoms with Crippen LogP contribution < -0.4 is 4.74 Å². The molecule has 0 amide bonds. The van der Waals surface area contributed by atoms with Crippen molar-refractivity contribution in [1.82, 2.24) is 0 Å². The number of aliphatic imine (C=N–C) groups is 1. The third kappa shape index (κ3) is 6.28. The number of benzene rings is 3. The van der Waals surface area contributed by atoms with E-state index < -0.39 is 11.9 Å². The molecule has 0 N–H and O–H groups in total. The number of hydrogen-bond acceptors (Lipinski definition) is 6. The van der Waals surface area contributed by atoms with Gasteiger partial charge >= 0.3 is 5.97 Å². The van der Waals surface area contributed by atoms with Gasteiger partial charge in [-0.2, -0.15) is 0 Å². The molecule has 1 aliphatic heterocycles. The predicted octanol–water partition coefficient (Wildman–Crippen LogP) is 6.45. The molecule has 6 heteroatoms. The van der Waals surface area contributed by atoms with Crippen LogP contribution in [0.15, 0.2) is 82.7 Å². The maximum absolute atomic E-state index is 13.1. The lowest BCUT2D eigenvalue weighted by Crippen LogP contribution is -2.27. The Morgan fingerprint density at radius 1 is 0.943 bits per heavy atom. The first kappa shape index (κ1) is 24.5. The third-order valence-electron chi connectivity index (χ3n) is 5.47. The molecule has 0 radical (unpaired) electrons. The molecule has 5 nitrogen and oxygen atoms in total. The Labute approximate surface area is 209 Å². The van der Waals surface area contributed by atoms with Crippen molar-refractivity contribution >= 4 is 40.3 Å². The van der Waals surface area contributed by atoms with Crippen LogP contribution in [-0.4, -0.2) is 23.4 Å². The summed E-state index contributed by atoms with van der Waals surface area (Å²) in [5, 5.41) is 0.432. The number of allylic oxidation sites excluding steroid dienone is 1. The number of nitrogens with zero attached hydrogens (tertiary/aromatic N) is 1. The van der Waals surface area contributed by atoms with Crippen molar-refractivity contribution in [1.29, 1.82) is 0 Å². The lowest BCUT2D eigenvalue weighted by Gasteiger charge is -2.08. The number of carbonyl (C=O) groups excluding carboxylic acids is 2. The SMILES string of the molecule is CCOC(=O)C1C(=O)/C(=C/c2ccc(OCc3ccc(C)cc3)cc2)SC1=Nc1ccc(C)cc1. The van der Waals surface area contributed by atoms with Gasteiger partial charge in [-0.3, -0.25) is 9.59 Å². The molecule has 3 aromatic carbocycles. The van der Waals surface area contributed by atoms with E-state index in [1.807, 2.05) is 67.6 Å². The average molecular weight is 486 g/mol. The van der Waals surface area contributed by atoms with E-state index in [2.05, 4.69) is 24.0 Å². The van der Waals surface area contributed by atoms with Crippen molar-refractivity contribution in [3.05, 3.63) is 100.0 Å². The van der Waals surface area contributed by atoms with Crippen LogP contribution in [0.5, 0.6) is 5.75 Å². The lowest BCUT2D eigenvalue weighted by atomic mass is 10.0. The Kier molecular flexibility index (Phi) is 7.83. The maximum atomic E-state index is 13.1. The molecule has 0 aliphatic carbocycles. The fraction of sp³-hybridized carbons (Fsp3) is 0.207. The van der Waals surface area contributed by atoms with Gasteiger partial charge in [-0.1, -0.05) is 71.4 Å². The molecule has 1 heterocycles. The summed E-state index contributed by atoms with van der Waals surface area (Å²) in [5.41, 5.74) is 4.94. The highest BCUT2D eigenvalue weighted by Gasteiger charge is 2.42. The van der Waals surface area contributed by atoms with Crippen LogP contribution in [0.3, 0.4) is 0 Å². The number of ketones is 1. The molecule has 1 unspecified atom stereocenters. The van der Waals surface area contributed by atoms with Gasteiger partial charge in [-0.25, -0.2) is 4.99 Å². The third-order valence-corrected chi connectivity index (χ3v) is 6.54.